The molecule has 0 nitrogen and oxygen atoms in total. The second-order valence-electron chi connectivity index (χ2n) is 5.76. The third-order valence-electron chi connectivity index (χ3n) is 4.65. The van der Waals surface area contributed by atoms with E-state index >= 15 is 0 Å². The van der Waals surface area contributed by atoms with Crippen molar-refractivity contribution in [3.63, 3.8) is 0 Å². The second-order valence-corrected chi connectivity index (χ2v) is 5.76. The molecule has 0 heterocycles. The molecule has 14 heavy (non-hydrogen) atoms. The van der Waals surface area contributed by atoms with E-state index in [9.17, 15) is 0 Å². The summed E-state index contributed by atoms with van der Waals surface area (Å²) >= 11 is 0. The summed E-state index contributed by atoms with van der Waals surface area (Å²) in [4.78, 5) is 0. The highest BCUT2D eigenvalue weighted by atomic mass is 14.3. The zero-order valence-corrected chi connectivity index (χ0v) is 9.80. The summed E-state index contributed by atoms with van der Waals surface area (Å²) in [7, 11) is 0. The normalized spacial score (nSPS) is 35.8. The van der Waals surface area contributed by atoms with Crippen LogP contribution in [0.25, 0.3) is 0 Å². The van der Waals surface area contributed by atoms with E-state index in [0.29, 0.717) is 0 Å². The molecule has 0 heteroatoms. The lowest BCUT2D eigenvalue weighted by Gasteiger charge is -2.33. The molecule has 0 N–H and O–H groups in total. The molecule has 2 fully saturated rings. The van der Waals surface area contributed by atoms with Gasteiger partial charge in [-0.15, -0.1) is 0 Å². The molecule has 0 spiro atoms. The van der Waals surface area contributed by atoms with Gasteiger partial charge in [-0.05, 0) is 24.2 Å². The van der Waals surface area contributed by atoms with Gasteiger partial charge in [0.25, 0.3) is 0 Å². The molecule has 0 aromatic carbocycles. The van der Waals surface area contributed by atoms with E-state index in [2.05, 4.69) is 6.92 Å². The smallest absolute Gasteiger partial charge is 0.0386 e. The van der Waals surface area contributed by atoms with Gasteiger partial charge < -0.3 is 0 Å². The first-order chi connectivity index (χ1) is 6.86. The molecule has 0 amide bonds. The fourth-order valence-corrected chi connectivity index (χ4v) is 3.59. The molecule has 0 aromatic heterocycles. The molecule has 2 saturated carbocycles. The molecule has 2 atom stereocenters. The lowest BCUT2D eigenvalue weighted by atomic mass is 9.73. The van der Waals surface area contributed by atoms with Gasteiger partial charge in [0.05, 0.1) is 0 Å². The lowest BCUT2D eigenvalue weighted by Crippen LogP contribution is -2.21. The van der Waals surface area contributed by atoms with E-state index in [-0.39, 0.29) is 0 Å². The van der Waals surface area contributed by atoms with Crippen LogP contribution >= 0.6 is 0 Å². The Labute approximate surface area is 89.5 Å². The molecule has 2 aliphatic carbocycles. The van der Waals surface area contributed by atoms with Crippen molar-refractivity contribution in [3.8, 4) is 0 Å². The summed E-state index contributed by atoms with van der Waals surface area (Å²) in [5, 5.41) is 0. The summed E-state index contributed by atoms with van der Waals surface area (Å²) in [6, 6.07) is 0. The van der Waals surface area contributed by atoms with Crippen LogP contribution in [0.5, 0.6) is 0 Å². The van der Waals surface area contributed by atoms with E-state index in [0.717, 1.165) is 17.8 Å². The second kappa shape index (κ2) is 5.19. The highest BCUT2D eigenvalue weighted by Gasteiger charge is 2.25. The number of hydrogen-bond acceptors (Lipinski definition) is 0. The fraction of sp³-hybridized carbons (Fsp3) is 1.00. The molecule has 82 valence electrons. The van der Waals surface area contributed by atoms with Gasteiger partial charge in [0.15, 0.2) is 0 Å². The quantitative estimate of drug-likeness (QED) is 0.593. The Balaban J connectivity index is 1.76. The minimum atomic E-state index is 1.03. The topological polar surface area (TPSA) is 0 Å². The van der Waals surface area contributed by atoms with Crippen molar-refractivity contribution in [1.82, 2.24) is 0 Å². The molecule has 0 aliphatic heterocycles. The van der Waals surface area contributed by atoms with Gasteiger partial charge in [-0.3, -0.25) is 0 Å². The Kier molecular flexibility index (Phi) is 3.89. The molecule has 0 unspecified atom stereocenters. The first-order valence-electron chi connectivity index (χ1n) is 6.86. The van der Waals surface area contributed by atoms with Crippen molar-refractivity contribution in [2.75, 3.05) is 0 Å². The van der Waals surface area contributed by atoms with Gasteiger partial charge in [-0.1, -0.05) is 64.7 Å². The Morgan fingerprint density at radius 1 is 0.786 bits per heavy atom. The third kappa shape index (κ3) is 2.74. The van der Waals surface area contributed by atoms with Crippen LogP contribution in [0.15, 0.2) is 0 Å². The summed E-state index contributed by atoms with van der Waals surface area (Å²) in [6.45, 7) is 2.49. The SMILES string of the molecule is C[C@H]1CCCC[C@H]1CC1CCCCC1. The number of rotatable bonds is 2. The minimum Gasteiger partial charge on any atom is -0.0622 e. The van der Waals surface area contributed by atoms with Crippen LogP contribution in [0.4, 0.5) is 0 Å². The van der Waals surface area contributed by atoms with Crippen molar-refractivity contribution in [1.29, 1.82) is 0 Å². The van der Waals surface area contributed by atoms with E-state index in [1.165, 1.54) is 44.9 Å². The summed E-state index contributed by atoms with van der Waals surface area (Å²) in [5.41, 5.74) is 0. The lowest BCUT2D eigenvalue weighted by molar-refractivity contribution is 0.189. The molecule has 2 rings (SSSR count). The van der Waals surface area contributed by atoms with Crippen LogP contribution in [0.3, 0.4) is 0 Å². The Morgan fingerprint density at radius 2 is 1.43 bits per heavy atom. The highest BCUT2D eigenvalue weighted by Crippen LogP contribution is 2.37. The van der Waals surface area contributed by atoms with Crippen molar-refractivity contribution >= 4 is 0 Å². The Hall–Kier alpha value is 0. The molecule has 0 bridgehead atoms. The first-order valence-corrected chi connectivity index (χ1v) is 6.86. The van der Waals surface area contributed by atoms with Crippen molar-refractivity contribution in [2.24, 2.45) is 17.8 Å². The predicted octanol–water partition coefficient (Wildman–Crippen LogP) is 4.78. The highest BCUT2D eigenvalue weighted by molar-refractivity contribution is 4.76. The monoisotopic (exact) mass is 194 g/mol. The maximum Gasteiger partial charge on any atom is -0.0386 e. The van der Waals surface area contributed by atoms with E-state index in [1.54, 1.807) is 19.3 Å². The maximum atomic E-state index is 2.49. The van der Waals surface area contributed by atoms with Crippen LogP contribution in [0.2, 0.25) is 0 Å². The van der Waals surface area contributed by atoms with Gasteiger partial charge in [0.2, 0.25) is 0 Å². The Bertz CT molecular complexity index is 155. The standard InChI is InChI=1S/C14H26/c1-12-7-5-6-10-14(12)11-13-8-3-2-4-9-13/h12-14H,2-11H2,1H3/t12-,14-/m0/s1. The number of hydrogen-bond donors (Lipinski definition) is 0. The van der Waals surface area contributed by atoms with Crippen LogP contribution in [0, 0.1) is 17.8 Å². The van der Waals surface area contributed by atoms with Gasteiger partial charge in [-0.25, -0.2) is 0 Å². The van der Waals surface area contributed by atoms with Gasteiger partial charge in [0, 0.05) is 0 Å². The van der Waals surface area contributed by atoms with Crippen LogP contribution in [-0.4, -0.2) is 0 Å². The molecule has 0 saturated heterocycles. The largest absolute Gasteiger partial charge is 0.0622 e. The summed E-state index contributed by atoms with van der Waals surface area (Å²) in [6.07, 6.45) is 15.3. The first kappa shape index (κ1) is 10.5. The average Bonchev–Trinajstić information content (AvgIpc) is 2.23. The predicted molar refractivity (Wildman–Crippen MR) is 62.3 cm³/mol. The van der Waals surface area contributed by atoms with E-state index in [1.807, 2.05) is 0 Å². The molecular formula is C14H26. The van der Waals surface area contributed by atoms with Gasteiger partial charge >= 0.3 is 0 Å². The fourth-order valence-electron chi connectivity index (χ4n) is 3.59. The van der Waals surface area contributed by atoms with Crippen molar-refractivity contribution in [3.05, 3.63) is 0 Å². The van der Waals surface area contributed by atoms with Gasteiger partial charge in [0.1, 0.15) is 0 Å². The van der Waals surface area contributed by atoms with Gasteiger partial charge in [-0.2, -0.15) is 0 Å². The zero-order valence-electron chi connectivity index (χ0n) is 9.80. The minimum absolute atomic E-state index is 1.03. The molecule has 0 aromatic rings. The molecular weight excluding hydrogens is 168 g/mol. The Morgan fingerprint density at radius 3 is 2.14 bits per heavy atom. The van der Waals surface area contributed by atoms with Crippen LogP contribution in [0.1, 0.15) is 71.1 Å². The summed E-state index contributed by atoms with van der Waals surface area (Å²) in [5.74, 6) is 3.23. The van der Waals surface area contributed by atoms with Crippen molar-refractivity contribution < 1.29 is 0 Å². The molecule has 2 aliphatic rings. The summed E-state index contributed by atoms with van der Waals surface area (Å²) < 4.78 is 0. The van der Waals surface area contributed by atoms with Crippen LogP contribution < -0.4 is 0 Å². The maximum absolute atomic E-state index is 2.49. The van der Waals surface area contributed by atoms with Crippen LogP contribution in [-0.2, 0) is 0 Å². The van der Waals surface area contributed by atoms with Crippen molar-refractivity contribution in [2.45, 2.75) is 71.1 Å². The van der Waals surface area contributed by atoms with E-state index < -0.39 is 0 Å². The van der Waals surface area contributed by atoms with E-state index in [4.69, 9.17) is 0 Å². The zero-order chi connectivity index (χ0) is 9.80. The average molecular weight is 194 g/mol. The third-order valence-corrected chi connectivity index (χ3v) is 4.65. The molecule has 0 radical (unpaired) electrons.